The number of anilines is 1. The third kappa shape index (κ3) is 3.15. The molecule has 1 aromatic heterocycles. The molecule has 0 amide bonds. The molecule has 0 aliphatic rings. The van der Waals surface area contributed by atoms with Crippen molar-refractivity contribution in [1.29, 1.82) is 0 Å². The topological polar surface area (TPSA) is 178 Å². The molecule has 2 aromatic rings. The molecule has 2 N–H and O–H groups in total. The summed E-state index contributed by atoms with van der Waals surface area (Å²) in [6.45, 7) is 2.76. The Morgan fingerprint density at radius 3 is 2.21 bits per heavy atom. The van der Waals surface area contributed by atoms with Gasteiger partial charge in [-0.05, 0) is 13.8 Å². The zero-order chi connectivity index (χ0) is 18.2. The van der Waals surface area contributed by atoms with Crippen molar-refractivity contribution in [3.8, 4) is 0 Å². The summed E-state index contributed by atoms with van der Waals surface area (Å²) >= 11 is 0. The van der Waals surface area contributed by atoms with Crippen molar-refractivity contribution in [2.24, 2.45) is 0 Å². The molecular formula is C11H11N5O7S. The molecule has 1 heterocycles. The van der Waals surface area contributed by atoms with Gasteiger partial charge in [0.25, 0.3) is 5.56 Å². The van der Waals surface area contributed by atoms with E-state index in [4.69, 9.17) is 0 Å². The Bertz CT molecular complexity index is 1010. The molecule has 13 heteroatoms. The third-order valence-corrected chi connectivity index (χ3v) is 4.76. The summed E-state index contributed by atoms with van der Waals surface area (Å²) in [4.78, 5) is 37.7. The highest BCUT2D eigenvalue weighted by Crippen LogP contribution is 2.30. The third-order valence-electron chi connectivity index (χ3n) is 3.04. The van der Waals surface area contributed by atoms with E-state index in [0.717, 1.165) is 12.1 Å². The number of nitro groups is 2. The van der Waals surface area contributed by atoms with Crippen LogP contribution in [0.15, 0.2) is 16.9 Å². The van der Waals surface area contributed by atoms with Crippen LogP contribution in [-0.2, 0) is 10.0 Å². The van der Waals surface area contributed by atoms with Gasteiger partial charge in [0.05, 0.1) is 32.2 Å². The summed E-state index contributed by atoms with van der Waals surface area (Å²) in [5, 5.41) is 21.0. The van der Waals surface area contributed by atoms with E-state index in [1.807, 2.05) is 4.72 Å². The molecule has 0 saturated carbocycles. The Labute approximate surface area is 133 Å². The minimum absolute atomic E-state index is 0.134. The summed E-state index contributed by atoms with van der Waals surface area (Å²) in [6.07, 6.45) is 0. The predicted octanol–water partition coefficient (Wildman–Crippen LogP) is 0.890. The first-order chi connectivity index (χ1) is 11.0. The van der Waals surface area contributed by atoms with E-state index < -0.39 is 47.9 Å². The fourth-order valence-electron chi connectivity index (χ4n) is 1.73. The lowest BCUT2D eigenvalue weighted by atomic mass is 10.2. The fourth-order valence-corrected chi connectivity index (χ4v) is 2.37. The normalized spacial score (nSPS) is 11.6. The van der Waals surface area contributed by atoms with Crippen LogP contribution in [-0.4, -0.2) is 33.5 Å². The smallest absolute Gasteiger partial charge is 0.317 e. The molecule has 0 aliphatic heterocycles. The molecule has 0 aliphatic carbocycles. The van der Waals surface area contributed by atoms with Gasteiger partial charge < -0.3 is 4.98 Å². The van der Waals surface area contributed by atoms with Gasteiger partial charge in [0.15, 0.2) is 0 Å². The molecule has 0 radical (unpaired) electrons. The maximum absolute atomic E-state index is 11.9. The van der Waals surface area contributed by atoms with E-state index in [-0.39, 0.29) is 11.0 Å². The fraction of sp³-hybridized carbons (Fsp3) is 0.273. The highest BCUT2D eigenvalue weighted by Gasteiger charge is 2.26. The molecule has 12 nitrogen and oxygen atoms in total. The van der Waals surface area contributed by atoms with Crippen LogP contribution in [0.4, 0.5) is 17.2 Å². The summed E-state index contributed by atoms with van der Waals surface area (Å²) in [5.41, 5.74) is -2.89. The Morgan fingerprint density at radius 1 is 1.17 bits per heavy atom. The summed E-state index contributed by atoms with van der Waals surface area (Å²) in [7, 11) is -3.87. The van der Waals surface area contributed by atoms with Crippen LogP contribution >= 0.6 is 0 Å². The zero-order valence-electron chi connectivity index (χ0n) is 12.3. The van der Waals surface area contributed by atoms with Crippen LogP contribution in [0, 0.1) is 20.2 Å². The highest BCUT2D eigenvalue weighted by molar-refractivity contribution is 7.93. The SMILES string of the molecule is CC(C)S(=O)(=O)Nc1nc2cc([N+](=O)[O-])c([N+](=O)[O-])cc2[nH]c1=O. The Hall–Kier alpha value is -3.09. The van der Waals surface area contributed by atoms with Gasteiger partial charge in [0.2, 0.25) is 15.8 Å². The van der Waals surface area contributed by atoms with E-state index in [9.17, 15) is 33.4 Å². The highest BCUT2D eigenvalue weighted by atomic mass is 32.2. The van der Waals surface area contributed by atoms with Gasteiger partial charge in [-0.2, -0.15) is 0 Å². The standard InChI is InChI=1S/C11H11N5O7S/c1-5(2)24(22,23)14-10-11(17)13-7-4-9(16(20)21)8(15(18)19)3-6(7)12-10/h3-5H,1-2H3,(H,12,14)(H,13,17). The molecule has 1 aromatic carbocycles. The molecule has 128 valence electrons. The number of aromatic amines is 1. The number of hydrogen-bond donors (Lipinski definition) is 2. The first-order valence-electron chi connectivity index (χ1n) is 6.41. The average Bonchev–Trinajstić information content (AvgIpc) is 2.46. The van der Waals surface area contributed by atoms with E-state index >= 15 is 0 Å². The van der Waals surface area contributed by atoms with Gasteiger partial charge in [0.1, 0.15) is 0 Å². The number of nitrogens with one attached hydrogen (secondary N) is 2. The van der Waals surface area contributed by atoms with Crippen LogP contribution in [0.3, 0.4) is 0 Å². The van der Waals surface area contributed by atoms with Crippen molar-refractivity contribution in [1.82, 2.24) is 9.97 Å². The minimum atomic E-state index is -3.87. The minimum Gasteiger partial charge on any atom is -0.317 e. The predicted molar refractivity (Wildman–Crippen MR) is 83.4 cm³/mol. The van der Waals surface area contributed by atoms with Gasteiger partial charge in [-0.1, -0.05) is 0 Å². The van der Waals surface area contributed by atoms with Crippen molar-refractivity contribution < 1.29 is 18.3 Å². The first-order valence-corrected chi connectivity index (χ1v) is 7.96. The molecule has 0 fully saturated rings. The number of rotatable bonds is 5. The molecular weight excluding hydrogens is 346 g/mol. The van der Waals surface area contributed by atoms with Gasteiger partial charge in [0, 0.05) is 6.07 Å². The molecule has 0 bridgehead atoms. The van der Waals surface area contributed by atoms with E-state index in [1.165, 1.54) is 13.8 Å². The lowest BCUT2D eigenvalue weighted by Crippen LogP contribution is -2.27. The number of aromatic nitrogens is 2. The summed E-state index contributed by atoms with van der Waals surface area (Å²) < 4.78 is 25.6. The lowest BCUT2D eigenvalue weighted by molar-refractivity contribution is -0.422. The molecule has 0 atom stereocenters. The number of nitrogens with zero attached hydrogens (tertiary/aromatic N) is 3. The van der Waals surface area contributed by atoms with Crippen molar-refractivity contribution in [3.05, 3.63) is 42.7 Å². The van der Waals surface area contributed by atoms with Crippen molar-refractivity contribution >= 4 is 38.2 Å². The van der Waals surface area contributed by atoms with Crippen molar-refractivity contribution in [3.63, 3.8) is 0 Å². The monoisotopic (exact) mass is 357 g/mol. The van der Waals surface area contributed by atoms with Crippen LogP contribution < -0.4 is 10.3 Å². The van der Waals surface area contributed by atoms with Crippen molar-refractivity contribution in [2.75, 3.05) is 4.72 Å². The van der Waals surface area contributed by atoms with Crippen LogP contribution in [0.5, 0.6) is 0 Å². The molecule has 24 heavy (non-hydrogen) atoms. The number of H-pyrrole nitrogens is 1. The van der Waals surface area contributed by atoms with Crippen LogP contribution in [0.2, 0.25) is 0 Å². The van der Waals surface area contributed by atoms with Crippen LogP contribution in [0.25, 0.3) is 11.0 Å². The maximum atomic E-state index is 11.9. The molecule has 0 unspecified atom stereocenters. The molecule has 0 saturated heterocycles. The maximum Gasteiger partial charge on any atom is 0.348 e. The largest absolute Gasteiger partial charge is 0.348 e. The summed E-state index contributed by atoms with van der Waals surface area (Å²) in [6, 6.07) is 1.58. The van der Waals surface area contributed by atoms with Gasteiger partial charge in [-0.25, -0.2) is 13.4 Å². The zero-order valence-corrected chi connectivity index (χ0v) is 13.2. The second-order valence-electron chi connectivity index (χ2n) is 4.98. The van der Waals surface area contributed by atoms with E-state index in [1.54, 1.807) is 0 Å². The van der Waals surface area contributed by atoms with Gasteiger partial charge in [-0.3, -0.25) is 29.7 Å². The van der Waals surface area contributed by atoms with E-state index in [2.05, 4.69) is 9.97 Å². The number of hydrogen-bond acceptors (Lipinski definition) is 8. The number of fused-ring (bicyclic) bond motifs is 1. The quantitative estimate of drug-likeness (QED) is 0.584. The van der Waals surface area contributed by atoms with Gasteiger partial charge >= 0.3 is 11.4 Å². The van der Waals surface area contributed by atoms with E-state index in [0.29, 0.717) is 0 Å². The van der Waals surface area contributed by atoms with Gasteiger partial charge in [-0.15, -0.1) is 0 Å². The molecule has 2 rings (SSSR count). The van der Waals surface area contributed by atoms with Crippen molar-refractivity contribution in [2.45, 2.75) is 19.1 Å². The first kappa shape index (κ1) is 17.3. The lowest BCUT2D eigenvalue weighted by Gasteiger charge is -2.09. The second kappa shape index (κ2) is 5.84. The number of benzene rings is 1. The number of nitro benzene ring substituents is 2. The summed E-state index contributed by atoms with van der Waals surface area (Å²) in [5.74, 6) is -0.584. The van der Waals surface area contributed by atoms with Crippen LogP contribution in [0.1, 0.15) is 13.8 Å². The second-order valence-corrected chi connectivity index (χ2v) is 7.22. The average molecular weight is 357 g/mol. The Balaban J connectivity index is 2.70. The Kier molecular flexibility index (Phi) is 4.20. The number of sulfonamides is 1. The molecule has 0 spiro atoms. The Morgan fingerprint density at radius 2 is 1.71 bits per heavy atom.